The van der Waals surface area contributed by atoms with E-state index in [0.717, 1.165) is 6.08 Å². The maximum Gasteiger partial charge on any atom is 0.340 e. The van der Waals surface area contributed by atoms with Gasteiger partial charge in [-0.05, 0) is 29.8 Å². The van der Waals surface area contributed by atoms with E-state index in [9.17, 15) is 14.7 Å². The van der Waals surface area contributed by atoms with Crippen molar-refractivity contribution in [2.45, 2.75) is 12.2 Å². The van der Waals surface area contributed by atoms with Crippen molar-refractivity contribution in [2.24, 2.45) is 0 Å². The highest BCUT2D eigenvalue weighted by molar-refractivity contribution is 5.97. The lowest BCUT2D eigenvalue weighted by Gasteiger charge is -2.36. The summed E-state index contributed by atoms with van der Waals surface area (Å²) in [5.74, 6) is 0.0780. The first-order valence-electron chi connectivity index (χ1n) is 9.30. The van der Waals surface area contributed by atoms with Crippen molar-refractivity contribution < 1.29 is 28.9 Å². The van der Waals surface area contributed by atoms with Gasteiger partial charge in [0.05, 0.1) is 12.2 Å². The van der Waals surface area contributed by atoms with Crippen LogP contribution in [0.1, 0.15) is 32.6 Å². The Bertz CT molecular complexity index is 1230. The number of carbonyl (C=O) groups is 2. The Morgan fingerprint density at radius 1 is 1.03 bits per heavy atom. The average molecular weight is 400 g/mol. The fraction of sp³-hybridized carbons (Fsp3) is 0.0833. The minimum Gasteiger partial charge on any atom is -0.456 e. The average Bonchev–Trinajstić information content (AvgIpc) is 3.06. The van der Waals surface area contributed by atoms with E-state index in [1.165, 1.54) is 0 Å². The molecule has 0 saturated carbocycles. The second kappa shape index (κ2) is 6.57. The zero-order valence-electron chi connectivity index (χ0n) is 15.8. The molecule has 0 bridgehead atoms. The van der Waals surface area contributed by atoms with Crippen LogP contribution in [0.2, 0.25) is 0 Å². The standard InChI is InChI=1S/C24H16O6/c1-2-22(26)28-15-8-10-19-21(12-15)29-20-11-14(13-25)7-9-18(20)24(19)17-6-4-3-5-16(17)23(27)30-24/h2-12,25H,1,13H2. The predicted octanol–water partition coefficient (Wildman–Crippen LogP) is 3.84. The number of fused-ring (bicyclic) bond motifs is 6. The molecule has 0 fully saturated rings. The van der Waals surface area contributed by atoms with Gasteiger partial charge in [-0.1, -0.05) is 36.9 Å². The van der Waals surface area contributed by atoms with Crippen molar-refractivity contribution in [2.75, 3.05) is 0 Å². The van der Waals surface area contributed by atoms with E-state index >= 15 is 0 Å². The van der Waals surface area contributed by atoms with Gasteiger partial charge in [0.25, 0.3) is 0 Å². The summed E-state index contributed by atoms with van der Waals surface area (Å²) < 4.78 is 17.3. The number of aliphatic hydroxyl groups is 1. The number of esters is 2. The van der Waals surface area contributed by atoms with E-state index in [2.05, 4.69) is 6.58 Å². The fourth-order valence-electron chi connectivity index (χ4n) is 4.02. The molecule has 5 rings (SSSR count). The van der Waals surface area contributed by atoms with Gasteiger partial charge in [0.15, 0.2) is 5.60 Å². The van der Waals surface area contributed by atoms with Crippen LogP contribution in [0.5, 0.6) is 17.2 Å². The van der Waals surface area contributed by atoms with E-state index in [1.807, 2.05) is 12.1 Å². The molecule has 1 spiro atoms. The van der Waals surface area contributed by atoms with E-state index in [0.29, 0.717) is 39.3 Å². The molecule has 0 saturated heterocycles. The Kier molecular flexibility index (Phi) is 3.98. The summed E-state index contributed by atoms with van der Waals surface area (Å²) in [5.41, 5.74) is 1.90. The molecule has 1 atom stereocenters. The number of aliphatic hydroxyl groups excluding tert-OH is 1. The third-order valence-electron chi connectivity index (χ3n) is 5.32. The number of benzene rings is 3. The summed E-state index contributed by atoms with van der Waals surface area (Å²) in [5, 5.41) is 9.55. The molecule has 148 valence electrons. The first kappa shape index (κ1) is 18.1. The van der Waals surface area contributed by atoms with Crippen LogP contribution in [-0.4, -0.2) is 17.0 Å². The highest BCUT2D eigenvalue weighted by Gasteiger charge is 2.53. The Balaban J connectivity index is 1.77. The molecular weight excluding hydrogens is 384 g/mol. The van der Waals surface area contributed by atoms with Crippen LogP contribution in [-0.2, 0) is 21.7 Å². The maximum absolute atomic E-state index is 12.7. The van der Waals surface area contributed by atoms with Gasteiger partial charge in [0.2, 0.25) is 0 Å². The first-order chi connectivity index (χ1) is 14.6. The number of rotatable bonds is 3. The molecule has 6 heteroatoms. The topological polar surface area (TPSA) is 82.1 Å². The van der Waals surface area contributed by atoms with E-state index in [-0.39, 0.29) is 12.4 Å². The Labute approximate surface area is 171 Å². The molecule has 2 aliphatic heterocycles. The number of hydrogen-bond acceptors (Lipinski definition) is 6. The normalized spacial score (nSPS) is 18.0. The number of carbonyl (C=O) groups excluding carboxylic acids is 2. The van der Waals surface area contributed by atoms with Crippen LogP contribution in [0, 0.1) is 0 Å². The van der Waals surface area contributed by atoms with Crippen LogP contribution in [0.15, 0.2) is 73.3 Å². The lowest BCUT2D eigenvalue weighted by atomic mass is 9.77. The summed E-state index contributed by atoms with van der Waals surface area (Å²) in [6.07, 6.45) is 1.07. The second-order valence-corrected chi connectivity index (χ2v) is 6.99. The highest BCUT2D eigenvalue weighted by Crippen LogP contribution is 2.56. The van der Waals surface area contributed by atoms with Crippen molar-refractivity contribution in [1.82, 2.24) is 0 Å². The summed E-state index contributed by atoms with van der Waals surface area (Å²) in [7, 11) is 0. The molecule has 1 N–H and O–H groups in total. The van der Waals surface area contributed by atoms with Gasteiger partial charge in [0, 0.05) is 28.8 Å². The maximum atomic E-state index is 12.7. The van der Waals surface area contributed by atoms with Crippen molar-refractivity contribution >= 4 is 11.9 Å². The number of hydrogen-bond donors (Lipinski definition) is 1. The van der Waals surface area contributed by atoms with Crippen molar-refractivity contribution in [3.63, 3.8) is 0 Å². The molecule has 0 radical (unpaired) electrons. The molecule has 0 amide bonds. The number of ether oxygens (including phenoxy) is 3. The zero-order chi connectivity index (χ0) is 20.9. The lowest BCUT2D eigenvalue weighted by Crippen LogP contribution is -2.33. The molecule has 30 heavy (non-hydrogen) atoms. The van der Waals surface area contributed by atoms with Gasteiger partial charge in [-0.2, -0.15) is 0 Å². The van der Waals surface area contributed by atoms with Crippen LogP contribution < -0.4 is 9.47 Å². The Morgan fingerprint density at radius 2 is 1.77 bits per heavy atom. The molecule has 0 aromatic heterocycles. The van der Waals surface area contributed by atoms with Gasteiger partial charge in [-0.15, -0.1) is 0 Å². The summed E-state index contributed by atoms with van der Waals surface area (Å²) in [6.45, 7) is 3.23. The summed E-state index contributed by atoms with van der Waals surface area (Å²) >= 11 is 0. The fourth-order valence-corrected chi connectivity index (χ4v) is 4.02. The largest absolute Gasteiger partial charge is 0.456 e. The van der Waals surface area contributed by atoms with Gasteiger partial charge in [-0.3, -0.25) is 0 Å². The molecule has 6 nitrogen and oxygen atoms in total. The quantitative estimate of drug-likeness (QED) is 0.409. The van der Waals surface area contributed by atoms with Crippen molar-refractivity contribution in [3.05, 3.63) is 101 Å². The predicted molar refractivity (Wildman–Crippen MR) is 106 cm³/mol. The lowest BCUT2D eigenvalue weighted by molar-refractivity contribution is -0.128. The molecule has 3 aromatic carbocycles. The van der Waals surface area contributed by atoms with Crippen LogP contribution in [0.3, 0.4) is 0 Å². The first-order valence-corrected chi connectivity index (χ1v) is 9.30. The van der Waals surface area contributed by atoms with E-state index in [1.54, 1.807) is 48.5 Å². The highest BCUT2D eigenvalue weighted by atomic mass is 16.6. The van der Waals surface area contributed by atoms with Gasteiger partial charge < -0.3 is 19.3 Å². The third kappa shape index (κ3) is 2.47. The Hall–Kier alpha value is -3.90. The minimum atomic E-state index is -1.20. The molecule has 0 aliphatic carbocycles. The van der Waals surface area contributed by atoms with Crippen LogP contribution >= 0.6 is 0 Å². The third-order valence-corrected chi connectivity index (χ3v) is 5.32. The minimum absolute atomic E-state index is 0.163. The van der Waals surface area contributed by atoms with Gasteiger partial charge >= 0.3 is 11.9 Å². The van der Waals surface area contributed by atoms with Crippen LogP contribution in [0.4, 0.5) is 0 Å². The molecule has 3 aromatic rings. The van der Waals surface area contributed by atoms with Gasteiger partial charge in [0.1, 0.15) is 17.2 Å². The van der Waals surface area contributed by atoms with Crippen LogP contribution in [0.25, 0.3) is 0 Å². The summed E-state index contributed by atoms with van der Waals surface area (Å²) in [4.78, 5) is 24.4. The Morgan fingerprint density at radius 3 is 2.53 bits per heavy atom. The molecule has 2 heterocycles. The SMILES string of the molecule is C=CC(=O)Oc1ccc2c(c1)Oc1cc(CO)ccc1C21OC(=O)c2ccccc21. The van der Waals surface area contributed by atoms with E-state index < -0.39 is 17.5 Å². The monoisotopic (exact) mass is 400 g/mol. The molecule has 1 unspecified atom stereocenters. The molecule has 2 aliphatic rings. The van der Waals surface area contributed by atoms with Crippen molar-refractivity contribution in [1.29, 1.82) is 0 Å². The molecular formula is C24H16O6. The van der Waals surface area contributed by atoms with Crippen molar-refractivity contribution in [3.8, 4) is 17.2 Å². The smallest absolute Gasteiger partial charge is 0.340 e. The second-order valence-electron chi connectivity index (χ2n) is 6.99. The summed E-state index contributed by atoms with van der Waals surface area (Å²) in [6, 6.07) is 17.4. The zero-order valence-corrected chi connectivity index (χ0v) is 15.8. The van der Waals surface area contributed by atoms with E-state index in [4.69, 9.17) is 14.2 Å². The van der Waals surface area contributed by atoms with Gasteiger partial charge in [-0.25, -0.2) is 9.59 Å².